The normalized spacial score (nSPS) is 10.7. The summed E-state index contributed by atoms with van der Waals surface area (Å²) in [5.74, 6) is 2.62. The van der Waals surface area contributed by atoms with Gasteiger partial charge < -0.3 is 14.2 Å². The molecule has 0 amide bonds. The maximum absolute atomic E-state index is 11.3. The van der Waals surface area contributed by atoms with Crippen LogP contribution in [0.4, 0.5) is 0 Å². The van der Waals surface area contributed by atoms with Gasteiger partial charge in [0.25, 0.3) is 0 Å². The molecule has 0 N–H and O–H groups in total. The number of ether oxygens (including phenoxy) is 3. The molecule has 0 aliphatic rings. The highest BCUT2D eigenvalue weighted by molar-refractivity contribution is 5.78. The Kier molecular flexibility index (Phi) is 8.18. The summed E-state index contributed by atoms with van der Waals surface area (Å²) in [4.78, 5) is 11.3. The predicted octanol–water partition coefficient (Wildman–Crippen LogP) is 6.38. The lowest BCUT2D eigenvalue weighted by molar-refractivity contribution is 0.112. The maximum Gasteiger partial charge on any atom is 0.204 e. The third-order valence-electron chi connectivity index (χ3n) is 4.40. The van der Waals surface area contributed by atoms with Crippen molar-refractivity contribution in [1.82, 2.24) is 0 Å². The van der Waals surface area contributed by atoms with Crippen LogP contribution in [0.3, 0.4) is 0 Å². The zero-order chi connectivity index (χ0) is 19.6. The van der Waals surface area contributed by atoms with Crippen molar-refractivity contribution in [3.8, 4) is 23.0 Å². The molecule has 2 rings (SSSR count). The number of para-hydroxylation sites is 1. The molecular weight excluding hydrogens is 340 g/mol. The monoisotopic (exact) mass is 370 g/mol. The summed E-state index contributed by atoms with van der Waals surface area (Å²) in [5, 5.41) is 0. The van der Waals surface area contributed by atoms with E-state index in [1.165, 1.54) is 12.8 Å². The minimum Gasteiger partial charge on any atom is -0.493 e. The molecule has 0 fully saturated rings. The van der Waals surface area contributed by atoms with Gasteiger partial charge in [-0.15, -0.1) is 0 Å². The molecule has 4 nitrogen and oxygen atoms in total. The molecule has 2 aromatic carbocycles. The fourth-order valence-corrected chi connectivity index (χ4v) is 2.91. The molecule has 27 heavy (non-hydrogen) atoms. The topological polar surface area (TPSA) is 44.8 Å². The molecule has 0 aliphatic carbocycles. The molecular formula is C23H30O4. The van der Waals surface area contributed by atoms with Gasteiger partial charge in [-0.25, -0.2) is 0 Å². The number of rotatable bonds is 11. The van der Waals surface area contributed by atoms with Gasteiger partial charge >= 0.3 is 0 Å². The Morgan fingerprint density at radius 1 is 1.00 bits per heavy atom. The smallest absolute Gasteiger partial charge is 0.204 e. The Morgan fingerprint density at radius 3 is 2.41 bits per heavy atom. The Labute approximate surface area is 162 Å². The standard InChI is InChI=1S/C23H30O4/c1-5-6-7-10-13-26-23-21(25-4)14-18(16-24)15-22(23)27-20-12-9-8-11-19(20)17(2)3/h8-9,11-12,14-17H,5-7,10,13H2,1-4H3. The van der Waals surface area contributed by atoms with Gasteiger partial charge in [-0.3, -0.25) is 4.79 Å². The number of hydrogen-bond acceptors (Lipinski definition) is 4. The van der Waals surface area contributed by atoms with E-state index in [9.17, 15) is 4.79 Å². The second-order valence-electron chi connectivity index (χ2n) is 6.87. The van der Waals surface area contributed by atoms with Gasteiger partial charge in [0.05, 0.1) is 13.7 Å². The second kappa shape index (κ2) is 10.6. The molecule has 0 bridgehead atoms. The van der Waals surface area contributed by atoms with Gasteiger partial charge in [-0.1, -0.05) is 58.2 Å². The highest BCUT2D eigenvalue weighted by Crippen LogP contribution is 2.42. The quantitative estimate of drug-likeness (QED) is 0.340. The van der Waals surface area contributed by atoms with E-state index in [1.807, 2.05) is 24.3 Å². The van der Waals surface area contributed by atoms with Crippen molar-refractivity contribution in [3.05, 3.63) is 47.5 Å². The Morgan fingerprint density at radius 2 is 1.74 bits per heavy atom. The average molecular weight is 370 g/mol. The van der Waals surface area contributed by atoms with Crippen LogP contribution in [0.1, 0.15) is 68.3 Å². The second-order valence-corrected chi connectivity index (χ2v) is 6.87. The van der Waals surface area contributed by atoms with E-state index in [-0.39, 0.29) is 0 Å². The van der Waals surface area contributed by atoms with E-state index in [0.29, 0.717) is 35.3 Å². The first-order chi connectivity index (χ1) is 13.1. The number of carbonyl (C=O) groups excluding carboxylic acids is 1. The van der Waals surface area contributed by atoms with Crippen molar-refractivity contribution in [2.45, 2.75) is 52.4 Å². The molecule has 0 saturated carbocycles. The molecule has 2 aromatic rings. The summed E-state index contributed by atoms with van der Waals surface area (Å²) in [6.07, 6.45) is 5.24. The summed E-state index contributed by atoms with van der Waals surface area (Å²) < 4.78 is 17.7. The predicted molar refractivity (Wildman–Crippen MR) is 109 cm³/mol. The SMILES string of the molecule is CCCCCCOc1c(OC)cc(C=O)cc1Oc1ccccc1C(C)C. The van der Waals surface area contributed by atoms with Crippen LogP contribution in [0.15, 0.2) is 36.4 Å². The third kappa shape index (κ3) is 5.75. The Bertz CT molecular complexity index is 737. The van der Waals surface area contributed by atoms with Crippen molar-refractivity contribution in [2.24, 2.45) is 0 Å². The number of methoxy groups -OCH3 is 1. The average Bonchev–Trinajstić information content (AvgIpc) is 2.68. The minimum atomic E-state index is 0.316. The van der Waals surface area contributed by atoms with Gasteiger partial charge in [0, 0.05) is 5.56 Å². The van der Waals surface area contributed by atoms with E-state index < -0.39 is 0 Å². The van der Waals surface area contributed by atoms with Crippen LogP contribution in [0, 0.1) is 0 Å². The summed E-state index contributed by atoms with van der Waals surface area (Å²) in [7, 11) is 1.57. The zero-order valence-corrected chi connectivity index (χ0v) is 16.8. The van der Waals surface area contributed by atoms with Crippen LogP contribution in [-0.4, -0.2) is 20.0 Å². The Hall–Kier alpha value is -2.49. The van der Waals surface area contributed by atoms with Gasteiger partial charge in [0.2, 0.25) is 5.75 Å². The van der Waals surface area contributed by atoms with Crippen molar-refractivity contribution in [2.75, 3.05) is 13.7 Å². The van der Waals surface area contributed by atoms with Gasteiger partial charge in [0.15, 0.2) is 11.5 Å². The van der Waals surface area contributed by atoms with Crippen molar-refractivity contribution in [1.29, 1.82) is 0 Å². The highest BCUT2D eigenvalue weighted by Gasteiger charge is 2.17. The van der Waals surface area contributed by atoms with E-state index in [4.69, 9.17) is 14.2 Å². The highest BCUT2D eigenvalue weighted by atomic mass is 16.5. The fraction of sp³-hybridized carbons (Fsp3) is 0.435. The number of benzene rings is 2. The first-order valence-electron chi connectivity index (χ1n) is 9.67. The van der Waals surface area contributed by atoms with E-state index in [2.05, 4.69) is 20.8 Å². The lowest BCUT2D eigenvalue weighted by Crippen LogP contribution is -2.03. The summed E-state index contributed by atoms with van der Waals surface area (Å²) in [5.41, 5.74) is 1.59. The molecule has 0 aliphatic heterocycles. The lowest BCUT2D eigenvalue weighted by atomic mass is 10.0. The van der Waals surface area contributed by atoms with Crippen LogP contribution >= 0.6 is 0 Å². The summed E-state index contributed by atoms with van der Waals surface area (Å²) in [6, 6.07) is 11.3. The molecule has 4 heteroatoms. The Balaban J connectivity index is 2.33. The van der Waals surface area contributed by atoms with Crippen LogP contribution in [0.2, 0.25) is 0 Å². The summed E-state index contributed by atoms with van der Waals surface area (Å²) in [6.45, 7) is 7.00. The van der Waals surface area contributed by atoms with Crippen LogP contribution < -0.4 is 14.2 Å². The molecule has 0 aromatic heterocycles. The lowest BCUT2D eigenvalue weighted by Gasteiger charge is -2.18. The van der Waals surface area contributed by atoms with Crippen molar-refractivity contribution < 1.29 is 19.0 Å². The van der Waals surface area contributed by atoms with Crippen LogP contribution in [0.5, 0.6) is 23.0 Å². The minimum absolute atomic E-state index is 0.316. The summed E-state index contributed by atoms with van der Waals surface area (Å²) >= 11 is 0. The first-order valence-corrected chi connectivity index (χ1v) is 9.67. The maximum atomic E-state index is 11.3. The molecule has 146 valence electrons. The molecule has 0 spiro atoms. The van der Waals surface area contributed by atoms with Crippen molar-refractivity contribution >= 4 is 6.29 Å². The number of aldehydes is 1. The van der Waals surface area contributed by atoms with E-state index in [1.54, 1.807) is 19.2 Å². The molecule has 0 heterocycles. The molecule has 0 unspecified atom stereocenters. The zero-order valence-electron chi connectivity index (χ0n) is 16.8. The van der Waals surface area contributed by atoms with Gasteiger partial charge in [-0.05, 0) is 36.1 Å². The van der Waals surface area contributed by atoms with Crippen LogP contribution in [0.25, 0.3) is 0 Å². The number of carbonyl (C=O) groups is 1. The third-order valence-corrected chi connectivity index (χ3v) is 4.40. The van der Waals surface area contributed by atoms with Gasteiger partial charge in [-0.2, -0.15) is 0 Å². The molecule has 0 radical (unpaired) electrons. The number of unbranched alkanes of at least 4 members (excludes halogenated alkanes) is 3. The fourth-order valence-electron chi connectivity index (χ4n) is 2.91. The largest absolute Gasteiger partial charge is 0.493 e. The van der Waals surface area contributed by atoms with Crippen molar-refractivity contribution in [3.63, 3.8) is 0 Å². The van der Waals surface area contributed by atoms with E-state index in [0.717, 1.165) is 30.4 Å². The molecule has 0 atom stereocenters. The van der Waals surface area contributed by atoms with Gasteiger partial charge in [0.1, 0.15) is 12.0 Å². The molecule has 0 saturated heterocycles. The van der Waals surface area contributed by atoms with Crippen LogP contribution in [-0.2, 0) is 0 Å². The van der Waals surface area contributed by atoms with E-state index >= 15 is 0 Å². The first kappa shape index (κ1) is 20.8. The number of hydrogen-bond donors (Lipinski definition) is 0.